The van der Waals surface area contributed by atoms with Crippen LogP contribution >= 0.6 is 11.3 Å². The summed E-state index contributed by atoms with van der Waals surface area (Å²) in [5, 5.41) is 27.1. The Morgan fingerprint density at radius 2 is 1.74 bits per heavy atom. The first-order valence-corrected chi connectivity index (χ1v) is 11.8. The lowest BCUT2D eigenvalue weighted by molar-refractivity contribution is -0.393. The van der Waals surface area contributed by atoms with Crippen molar-refractivity contribution in [2.24, 2.45) is 19.2 Å². The molecule has 0 bridgehead atoms. The molecule has 0 amide bonds. The molecule has 0 saturated heterocycles. The molecular weight excluding hydrogens is 516 g/mol. The minimum Gasteiger partial charge on any atom is -0.281 e. The van der Waals surface area contributed by atoms with E-state index in [-0.39, 0.29) is 16.9 Å². The summed E-state index contributed by atoms with van der Waals surface area (Å²) < 4.78 is 3.97. The summed E-state index contributed by atoms with van der Waals surface area (Å²) in [6, 6.07) is 12.2. The van der Waals surface area contributed by atoms with Crippen LogP contribution < -0.4 is 16.7 Å². The number of hydrogen-bond acceptors (Lipinski definition) is 10. The van der Waals surface area contributed by atoms with Gasteiger partial charge in [-0.1, -0.05) is 41.7 Å². The van der Waals surface area contributed by atoms with Crippen molar-refractivity contribution in [1.29, 1.82) is 0 Å². The van der Waals surface area contributed by atoms with Crippen molar-refractivity contribution < 1.29 is 9.85 Å². The molecule has 0 atom stereocenters. The smallest absolute Gasteiger partial charge is 0.281 e. The largest absolute Gasteiger partial charge is 0.332 e. The number of nitrogens with zero attached hydrogens (tertiary/aromatic N) is 7. The summed E-state index contributed by atoms with van der Waals surface area (Å²) in [7, 11) is 2.93. The minimum atomic E-state index is -0.732. The maximum absolute atomic E-state index is 13.0. The van der Waals surface area contributed by atoms with E-state index < -0.39 is 32.5 Å². The number of aryl methyl sites for hydroxylation is 2. The Balaban J connectivity index is 1.72. The van der Waals surface area contributed by atoms with Crippen molar-refractivity contribution in [3.63, 3.8) is 0 Å². The first-order chi connectivity index (χ1) is 18.1. The van der Waals surface area contributed by atoms with Gasteiger partial charge in [-0.2, -0.15) is 5.10 Å². The lowest BCUT2D eigenvalue weighted by Crippen LogP contribution is -2.37. The molecule has 192 valence electrons. The van der Waals surface area contributed by atoms with Gasteiger partial charge in [0.1, 0.15) is 11.4 Å². The average Bonchev–Trinajstić information content (AvgIpc) is 3.43. The van der Waals surface area contributed by atoms with Gasteiger partial charge in [0.15, 0.2) is 16.1 Å². The molecule has 1 N–H and O–H groups in total. The number of nitrogens with one attached hydrogen (secondary N) is 1. The standard InChI is InChI=1S/C23H18N8O6S/c1-12-19(38-22-24-20-18(29(12)22)21(32)28(3)23(33)27(20)2)17(13-7-5-4-6-8-13)26-25-15-10-9-14(30(34)35)11-16(15)31(36)37/h4-11,25H,1-3H3. The number of imidazole rings is 1. The number of non-ortho nitro benzene ring substituents is 1. The molecule has 15 heteroatoms. The Kier molecular flexibility index (Phi) is 5.83. The van der Waals surface area contributed by atoms with Crippen LogP contribution in [-0.4, -0.2) is 34.1 Å². The number of anilines is 1. The molecule has 0 unspecified atom stereocenters. The predicted molar refractivity (Wildman–Crippen MR) is 141 cm³/mol. The van der Waals surface area contributed by atoms with Gasteiger partial charge >= 0.3 is 11.4 Å². The number of hydrogen-bond donors (Lipinski definition) is 1. The molecule has 2 aromatic carbocycles. The van der Waals surface area contributed by atoms with E-state index in [0.717, 1.165) is 16.7 Å². The summed E-state index contributed by atoms with van der Waals surface area (Å²) in [5.74, 6) is 0. The van der Waals surface area contributed by atoms with E-state index in [0.29, 0.717) is 26.8 Å². The second-order valence-electron chi connectivity index (χ2n) is 8.28. The molecule has 5 aromatic rings. The molecule has 14 nitrogen and oxygen atoms in total. The number of aromatic nitrogens is 4. The van der Waals surface area contributed by atoms with Crippen LogP contribution in [0.3, 0.4) is 0 Å². The van der Waals surface area contributed by atoms with Crippen LogP contribution in [0.25, 0.3) is 16.1 Å². The third kappa shape index (κ3) is 3.81. The van der Waals surface area contributed by atoms with Gasteiger partial charge in [-0.15, -0.1) is 0 Å². The third-order valence-electron chi connectivity index (χ3n) is 6.02. The summed E-state index contributed by atoms with van der Waals surface area (Å²) in [5.41, 5.74) is 2.89. The number of benzene rings is 2. The fourth-order valence-electron chi connectivity index (χ4n) is 4.08. The van der Waals surface area contributed by atoms with E-state index in [9.17, 15) is 29.8 Å². The van der Waals surface area contributed by atoms with Gasteiger partial charge in [-0.05, 0) is 13.0 Å². The zero-order chi connectivity index (χ0) is 27.3. The van der Waals surface area contributed by atoms with Crippen LogP contribution in [0.2, 0.25) is 0 Å². The van der Waals surface area contributed by atoms with Crippen LogP contribution in [0.15, 0.2) is 63.2 Å². The van der Waals surface area contributed by atoms with Gasteiger partial charge in [-0.25, -0.2) is 9.78 Å². The predicted octanol–water partition coefficient (Wildman–Crippen LogP) is 2.94. The topological polar surface area (TPSA) is 172 Å². The maximum Gasteiger partial charge on any atom is 0.332 e. The van der Waals surface area contributed by atoms with E-state index in [2.05, 4.69) is 15.5 Å². The van der Waals surface area contributed by atoms with E-state index in [4.69, 9.17) is 0 Å². The highest BCUT2D eigenvalue weighted by atomic mass is 32.1. The van der Waals surface area contributed by atoms with Gasteiger partial charge in [0, 0.05) is 31.4 Å². The lowest BCUT2D eigenvalue weighted by atomic mass is 10.1. The number of nitro benzene ring substituents is 2. The summed E-state index contributed by atoms with van der Waals surface area (Å²) >= 11 is 1.23. The molecule has 0 spiro atoms. The van der Waals surface area contributed by atoms with E-state index in [1.807, 2.05) is 6.07 Å². The van der Waals surface area contributed by atoms with Crippen molar-refractivity contribution in [3.8, 4) is 0 Å². The maximum atomic E-state index is 13.0. The Morgan fingerprint density at radius 3 is 2.39 bits per heavy atom. The summed E-state index contributed by atoms with van der Waals surface area (Å²) in [6.45, 7) is 1.78. The molecule has 5 rings (SSSR count). The van der Waals surface area contributed by atoms with Crippen molar-refractivity contribution >= 4 is 50.2 Å². The molecule has 0 aliphatic carbocycles. The fraction of sp³-hybridized carbons (Fsp3) is 0.130. The summed E-state index contributed by atoms with van der Waals surface area (Å²) in [4.78, 5) is 52.2. The van der Waals surface area contributed by atoms with Gasteiger partial charge in [0.25, 0.3) is 11.2 Å². The zero-order valence-electron chi connectivity index (χ0n) is 20.1. The fourth-order valence-corrected chi connectivity index (χ4v) is 5.21. The highest BCUT2D eigenvalue weighted by Gasteiger charge is 2.24. The number of thiazole rings is 1. The Bertz CT molecular complexity index is 1930. The Hall–Kier alpha value is -5.18. The first kappa shape index (κ1) is 24.5. The van der Waals surface area contributed by atoms with Crippen molar-refractivity contribution in [3.05, 3.63) is 106 Å². The third-order valence-corrected chi connectivity index (χ3v) is 7.17. The van der Waals surface area contributed by atoms with Crippen LogP contribution in [-0.2, 0) is 14.1 Å². The molecule has 0 aliphatic heterocycles. The van der Waals surface area contributed by atoms with Crippen molar-refractivity contribution in [2.75, 3.05) is 5.43 Å². The molecule has 0 saturated carbocycles. The second kappa shape index (κ2) is 9.04. The zero-order valence-corrected chi connectivity index (χ0v) is 20.9. The number of rotatable bonds is 6. The van der Waals surface area contributed by atoms with E-state index >= 15 is 0 Å². The minimum absolute atomic E-state index is 0.0395. The van der Waals surface area contributed by atoms with E-state index in [1.54, 1.807) is 35.6 Å². The second-order valence-corrected chi connectivity index (χ2v) is 9.26. The molecule has 3 heterocycles. The van der Waals surface area contributed by atoms with Crippen LogP contribution in [0.5, 0.6) is 0 Å². The van der Waals surface area contributed by atoms with Crippen LogP contribution in [0, 0.1) is 27.2 Å². The molecule has 3 aromatic heterocycles. The van der Waals surface area contributed by atoms with Crippen LogP contribution in [0.4, 0.5) is 17.1 Å². The Morgan fingerprint density at radius 1 is 1.03 bits per heavy atom. The normalized spacial score (nSPS) is 11.8. The van der Waals surface area contributed by atoms with E-state index in [1.165, 1.54) is 36.1 Å². The molecular formula is C23H18N8O6S. The molecule has 0 fully saturated rings. The molecule has 0 aliphatic rings. The highest BCUT2D eigenvalue weighted by molar-refractivity contribution is 7.19. The van der Waals surface area contributed by atoms with Gasteiger partial charge in [0.05, 0.1) is 20.8 Å². The highest BCUT2D eigenvalue weighted by Crippen LogP contribution is 2.31. The SMILES string of the molecule is Cc1c(C(=NNc2ccc([N+](=O)[O-])cc2[N+](=O)[O-])c2ccccc2)sc2nc3c(c(=O)n(C)c(=O)n3C)n12. The molecule has 0 radical (unpaired) electrons. The quantitative estimate of drug-likeness (QED) is 0.197. The van der Waals surface area contributed by atoms with Crippen LogP contribution in [0.1, 0.15) is 16.1 Å². The average molecular weight is 535 g/mol. The Labute approximate surface area is 216 Å². The van der Waals surface area contributed by atoms with Gasteiger partial charge in [0.2, 0.25) is 0 Å². The number of fused-ring (bicyclic) bond motifs is 3. The number of hydrazone groups is 1. The van der Waals surface area contributed by atoms with Crippen molar-refractivity contribution in [2.45, 2.75) is 6.92 Å². The van der Waals surface area contributed by atoms with Crippen molar-refractivity contribution in [1.82, 2.24) is 18.5 Å². The lowest BCUT2D eigenvalue weighted by Gasteiger charge is -2.09. The number of nitro groups is 2. The monoisotopic (exact) mass is 534 g/mol. The first-order valence-electron chi connectivity index (χ1n) is 11.0. The molecule has 38 heavy (non-hydrogen) atoms. The van der Waals surface area contributed by atoms with Gasteiger partial charge < -0.3 is 0 Å². The summed E-state index contributed by atoms with van der Waals surface area (Å²) in [6.07, 6.45) is 0. The van der Waals surface area contributed by atoms with Gasteiger partial charge in [-0.3, -0.25) is 44.0 Å².